The predicted molar refractivity (Wildman–Crippen MR) is 83.2 cm³/mol. The van der Waals surface area contributed by atoms with E-state index >= 15 is 0 Å². The SMILES string of the molecule is Fc1cncc(CNc2ccc3cc(Br)ccc3c2)c1. The molecule has 2 nitrogen and oxygen atoms in total. The summed E-state index contributed by atoms with van der Waals surface area (Å²) < 4.78 is 14.1. The highest BCUT2D eigenvalue weighted by molar-refractivity contribution is 9.10. The topological polar surface area (TPSA) is 24.9 Å². The summed E-state index contributed by atoms with van der Waals surface area (Å²) in [4.78, 5) is 3.84. The molecule has 0 radical (unpaired) electrons. The monoisotopic (exact) mass is 330 g/mol. The predicted octanol–water partition coefficient (Wildman–Crippen LogP) is 4.75. The zero-order valence-corrected chi connectivity index (χ0v) is 12.2. The van der Waals surface area contributed by atoms with Crippen LogP contribution in [0.15, 0.2) is 59.3 Å². The molecule has 0 aliphatic heterocycles. The number of aromatic nitrogens is 1. The van der Waals surface area contributed by atoms with E-state index in [-0.39, 0.29) is 5.82 Å². The van der Waals surface area contributed by atoms with Gasteiger partial charge in [-0.1, -0.05) is 28.1 Å². The zero-order chi connectivity index (χ0) is 13.9. The largest absolute Gasteiger partial charge is 0.381 e. The molecule has 0 unspecified atom stereocenters. The Hall–Kier alpha value is -1.94. The Morgan fingerprint density at radius 1 is 1.00 bits per heavy atom. The summed E-state index contributed by atoms with van der Waals surface area (Å²) in [5.74, 6) is -0.312. The number of halogens is 2. The summed E-state index contributed by atoms with van der Waals surface area (Å²) in [6.07, 6.45) is 2.87. The van der Waals surface area contributed by atoms with Crippen LogP contribution in [0.25, 0.3) is 10.8 Å². The van der Waals surface area contributed by atoms with Gasteiger partial charge in [0.1, 0.15) is 5.82 Å². The second-order valence-electron chi connectivity index (χ2n) is 4.57. The second-order valence-corrected chi connectivity index (χ2v) is 5.49. The molecule has 1 heterocycles. The van der Waals surface area contributed by atoms with Crippen molar-refractivity contribution in [1.82, 2.24) is 4.98 Å². The first-order chi connectivity index (χ1) is 9.70. The molecule has 20 heavy (non-hydrogen) atoms. The van der Waals surface area contributed by atoms with Gasteiger partial charge in [0.25, 0.3) is 0 Å². The Bertz CT molecular complexity index is 758. The number of anilines is 1. The Morgan fingerprint density at radius 2 is 1.80 bits per heavy atom. The molecule has 3 aromatic rings. The third kappa shape index (κ3) is 2.96. The van der Waals surface area contributed by atoms with Gasteiger partial charge in [0.2, 0.25) is 0 Å². The van der Waals surface area contributed by atoms with E-state index in [1.807, 2.05) is 12.1 Å². The molecule has 3 rings (SSSR count). The van der Waals surface area contributed by atoms with Crippen molar-refractivity contribution in [2.24, 2.45) is 0 Å². The van der Waals surface area contributed by atoms with Crippen LogP contribution in [0.2, 0.25) is 0 Å². The average molecular weight is 331 g/mol. The van der Waals surface area contributed by atoms with Crippen LogP contribution in [0.4, 0.5) is 10.1 Å². The van der Waals surface area contributed by atoms with Crippen LogP contribution in [0, 0.1) is 5.82 Å². The van der Waals surface area contributed by atoms with E-state index < -0.39 is 0 Å². The highest BCUT2D eigenvalue weighted by atomic mass is 79.9. The number of benzene rings is 2. The first-order valence-electron chi connectivity index (χ1n) is 6.23. The first-order valence-corrected chi connectivity index (χ1v) is 7.03. The van der Waals surface area contributed by atoms with Crippen LogP contribution < -0.4 is 5.32 Å². The van der Waals surface area contributed by atoms with Crippen molar-refractivity contribution in [3.05, 3.63) is 70.7 Å². The van der Waals surface area contributed by atoms with E-state index in [4.69, 9.17) is 0 Å². The third-order valence-electron chi connectivity index (χ3n) is 3.06. The maximum Gasteiger partial charge on any atom is 0.141 e. The van der Waals surface area contributed by atoms with Crippen molar-refractivity contribution in [1.29, 1.82) is 0 Å². The standard InChI is InChI=1S/C16H12BrFN2/c17-14-3-1-13-7-16(4-2-12(13)6-14)20-9-11-5-15(18)10-19-8-11/h1-8,10,20H,9H2. The number of fused-ring (bicyclic) bond motifs is 1. The summed E-state index contributed by atoms with van der Waals surface area (Å²) in [5.41, 5.74) is 1.82. The van der Waals surface area contributed by atoms with Gasteiger partial charge in [0.15, 0.2) is 0 Å². The molecule has 0 saturated carbocycles. The van der Waals surface area contributed by atoms with Gasteiger partial charge in [-0.25, -0.2) is 4.39 Å². The summed E-state index contributed by atoms with van der Waals surface area (Å²) in [6.45, 7) is 0.548. The normalized spacial score (nSPS) is 10.7. The molecule has 1 aromatic heterocycles. The molecule has 0 amide bonds. The lowest BCUT2D eigenvalue weighted by atomic mass is 10.1. The number of hydrogen-bond acceptors (Lipinski definition) is 2. The second kappa shape index (κ2) is 5.59. The third-order valence-corrected chi connectivity index (χ3v) is 3.55. The van der Waals surface area contributed by atoms with Crippen molar-refractivity contribution < 1.29 is 4.39 Å². The molecule has 0 saturated heterocycles. The van der Waals surface area contributed by atoms with Crippen LogP contribution >= 0.6 is 15.9 Å². The number of nitrogens with one attached hydrogen (secondary N) is 1. The number of rotatable bonds is 3. The van der Waals surface area contributed by atoms with Crippen LogP contribution in [0.1, 0.15) is 5.56 Å². The highest BCUT2D eigenvalue weighted by Crippen LogP contribution is 2.23. The fourth-order valence-corrected chi connectivity index (χ4v) is 2.46. The van der Waals surface area contributed by atoms with E-state index in [1.165, 1.54) is 17.6 Å². The van der Waals surface area contributed by atoms with Crippen LogP contribution in [0.5, 0.6) is 0 Å². The molecular formula is C16H12BrFN2. The Balaban J connectivity index is 1.79. The van der Waals surface area contributed by atoms with Crippen LogP contribution in [0.3, 0.4) is 0 Å². The molecule has 1 N–H and O–H groups in total. The maximum atomic E-state index is 13.0. The van der Waals surface area contributed by atoms with Gasteiger partial charge in [-0.15, -0.1) is 0 Å². The fourth-order valence-electron chi connectivity index (χ4n) is 2.08. The number of nitrogens with zero attached hydrogens (tertiary/aromatic N) is 1. The average Bonchev–Trinajstić information content (AvgIpc) is 2.45. The van der Waals surface area contributed by atoms with Gasteiger partial charge in [0.05, 0.1) is 6.20 Å². The van der Waals surface area contributed by atoms with Gasteiger partial charge in [-0.05, 0) is 46.7 Å². The Kier molecular flexibility index (Phi) is 3.65. The van der Waals surface area contributed by atoms with E-state index in [0.717, 1.165) is 21.1 Å². The molecule has 4 heteroatoms. The lowest BCUT2D eigenvalue weighted by molar-refractivity contribution is 0.619. The minimum absolute atomic E-state index is 0.312. The summed E-state index contributed by atoms with van der Waals surface area (Å²) in [7, 11) is 0. The molecule has 0 fully saturated rings. The van der Waals surface area contributed by atoms with Gasteiger partial charge in [-0.3, -0.25) is 4.98 Å². The summed E-state index contributed by atoms with van der Waals surface area (Å²) in [5, 5.41) is 5.62. The molecule has 0 aliphatic carbocycles. The number of hydrogen-bond donors (Lipinski definition) is 1. The van der Waals surface area contributed by atoms with Gasteiger partial charge in [-0.2, -0.15) is 0 Å². The first kappa shape index (κ1) is 13.1. The lowest BCUT2D eigenvalue weighted by Gasteiger charge is -2.08. The molecule has 0 atom stereocenters. The van der Waals surface area contributed by atoms with Gasteiger partial charge in [0, 0.05) is 22.9 Å². The minimum Gasteiger partial charge on any atom is -0.381 e. The Morgan fingerprint density at radius 3 is 2.65 bits per heavy atom. The van der Waals surface area contributed by atoms with Crippen molar-refractivity contribution >= 4 is 32.4 Å². The molecule has 0 bridgehead atoms. The molecule has 100 valence electrons. The molecular weight excluding hydrogens is 319 g/mol. The van der Waals surface area contributed by atoms with Crippen molar-refractivity contribution in [3.63, 3.8) is 0 Å². The Labute approximate surface area is 124 Å². The zero-order valence-electron chi connectivity index (χ0n) is 10.6. The van der Waals surface area contributed by atoms with Crippen LogP contribution in [-0.2, 0) is 6.54 Å². The van der Waals surface area contributed by atoms with E-state index in [9.17, 15) is 4.39 Å². The van der Waals surface area contributed by atoms with Crippen LogP contribution in [-0.4, -0.2) is 4.98 Å². The smallest absolute Gasteiger partial charge is 0.141 e. The van der Waals surface area contributed by atoms with E-state index in [0.29, 0.717) is 6.54 Å². The van der Waals surface area contributed by atoms with E-state index in [1.54, 1.807) is 6.20 Å². The van der Waals surface area contributed by atoms with Gasteiger partial charge < -0.3 is 5.32 Å². The molecule has 2 aromatic carbocycles. The fraction of sp³-hybridized carbons (Fsp3) is 0.0625. The summed E-state index contributed by atoms with van der Waals surface area (Å²) in [6, 6.07) is 13.8. The number of pyridine rings is 1. The van der Waals surface area contributed by atoms with Gasteiger partial charge >= 0.3 is 0 Å². The minimum atomic E-state index is -0.312. The van der Waals surface area contributed by atoms with Crippen molar-refractivity contribution in [2.75, 3.05) is 5.32 Å². The maximum absolute atomic E-state index is 13.0. The van der Waals surface area contributed by atoms with E-state index in [2.05, 4.69) is 50.5 Å². The summed E-state index contributed by atoms with van der Waals surface area (Å²) >= 11 is 3.46. The molecule has 0 spiro atoms. The van der Waals surface area contributed by atoms with Crippen molar-refractivity contribution in [3.8, 4) is 0 Å². The molecule has 0 aliphatic rings. The lowest BCUT2D eigenvalue weighted by Crippen LogP contribution is -2.00. The van der Waals surface area contributed by atoms with Crippen molar-refractivity contribution in [2.45, 2.75) is 6.54 Å². The highest BCUT2D eigenvalue weighted by Gasteiger charge is 1.99. The quantitative estimate of drug-likeness (QED) is 0.749.